The number of alkyl halides is 3. The van der Waals surface area contributed by atoms with Crippen molar-refractivity contribution in [3.05, 3.63) is 114 Å². The molecular formula is C29H30F3N3. The van der Waals surface area contributed by atoms with Crippen molar-refractivity contribution >= 4 is 0 Å². The molecule has 4 aromatic rings. The second kappa shape index (κ2) is 11.4. The fourth-order valence-corrected chi connectivity index (χ4v) is 4.30. The van der Waals surface area contributed by atoms with Crippen LogP contribution >= 0.6 is 0 Å². The van der Waals surface area contributed by atoms with Crippen molar-refractivity contribution in [3.8, 4) is 11.4 Å². The van der Waals surface area contributed by atoms with Crippen molar-refractivity contribution in [2.75, 3.05) is 0 Å². The lowest BCUT2D eigenvalue weighted by Crippen LogP contribution is -2.26. The predicted molar refractivity (Wildman–Crippen MR) is 133 cm³/mol. The highest BCUT2D eigenvalue weighted by atomic mass is 19.4. The monoisotopic (exact) mass is 477 g/mol. The van der Waals surface area contributed by atoms with Gasteiger partial charge in [-0.05, 0) is 17.5 Å². The van der Waals surface area contributed by atoms with Gasteiger partial charge in [-0.1, -0.05) is 104 Å². The van der Waals surface area contributed by atoms with E-state index in [1.165, 1.54) is 0 Å². The topological polar surface area (TPSA) is 21.1 Å². The number of halogens is 3. The Hall–Kier alpha value is -3.38. The maximum atomic E-state index is 14.3. The molecule has 4 rings (SSSR count). The van der Waals surface area contributed by atoms with Gasteiger partial charge in [-0.25, -0.2) is 4.98 Å². The molecule has 1 heterocycles. The summed E-state index contributed by atoms with van der Waals surface area (Å²) in [5.41, 5.74) is 2.23. The first-order valence-electron chi connectivity index (χ1n) is 12.0. The first kappa shape index (κ1) is 24.7. The third-order valence-corrected chi connectivity index (χ3v) is 5.98. The molecule has 35 heavy (non-hydrogen) atoms. The minimum Gasteiger partial charge on any atom is -0.326 e. The van der Waals surface area contributed by atoms with Gasteiger partial charge >= 0.3 is 6.18 Å². The van der Waals surface area contributed by atoms with Crippen molar-refractivity contribution in [2.45, 2.75) is 52.1 Å². The Balaban J connectivity index is 1.78. The highest BCUT2D eigenvalue weighted by Gasteiger charge is 2.39. The van der Waals surface area contributed by atoms with Crippen molar-refractivity contribution in [1.29, 1.82) is 0 Å². The van der Waals surface area contributed by atoms with E-state index in [0.717, 1.165) is 24.0 Å². The van der Waals surface area contributed by atoms with E-state index in [1.807, 2.05) is 97.9 Å². The second-order valence-electron chi connectivity index (χ2n) is 8.72. The maximum absolute atomic E-state index is 14.3. The van der Waals surface area contributed by atoms with Gasteiger partial charge in [0.2, 0.25) is 0 Å². The minimum absolute atomic E-state index is 0.141. The van der Waals surface area contributed by atoms with Crippen LogP contribution in [0.1, 0.15) is 42.3 Å². The molecule has 3 nitrogen and oxygen atoms in total. The summed E-state index contributed by atoms with van der Waals surface area (Å²) in [5, 5.41) is 0. The van der Waals surface area contributed by atoms with E-state index in [4.69, 9.17) is 0 Å². The number of hydrogen-bond donors (Lipinski definition) is 0. The number of unbranched alkanes of at least 4 members (excludes halogenated alkanes) is 1. The summed E-state index contributed by atoms with van der Waals surface area (Å²) in [6.07, 6.45) is -2.88. The summed E-state index contributed by atoms with van der Waals surface area (Å²) >= 11 is 0. The van der Waals surface area contributed by atoms with Crippen LogP contribution in [0.15, 0.2) is 91.0 Å². The van der Waals surface area contributed by atoms with Crippen LogP contribution in [0.25, 0.3) is 11.4 Å². The second-order valence-corrected chi connectivity index (χ2v) is 8.72. The van der Waals surface area contributed by atoms with Crippen LogP contribution in [-0.2, 0) is 32.4 Å². The molecule has 0 fully saturated rings. The smallest absolute Gasteiger partial charge is 0.326 e. The molecule has 0 saturated carbocycles. The number of aromatic nitrogens is 2. The van der Waals surface area contributed by atoms with E-state index in [2.05, 4.69) is 9.88 Å². The predicted octanol–water partition coefficient (Wildman–Crippen LogP) is 7.57. The zero-order chi connectivity index (χ0) is 24.7. The minimum atomic E-state index is -4.54. The van der Waals surface area contributed by atoms with Crippen molar-refractivity contribution in [3.63, 3.8) is 0 Å². The Bertz CT molecular complexity index is 1150. The van der Waals surface area contributed by atoms with E-state index in [-0.39, 0.29) is 12.2 Å². The average molecular weight is 478 g/mol. The van der Waals surface area contributed by atoms with Gasteiger partial charge in [-0.15, -0.1) is 0 Å². The van der Waals surface area contributed by atoms with Gasteiger partial charge in [-0.2, -0.15) is 13.2 Å². The Morgan fingerprint density at radius 1 is 0.743 bits per heavy atom. The zero-order valence-corrected chi connectivity index (χ0v) is 19.9. The van der Waals surface area contributed by atoms with Gasteiger partial charge in [0.15, 0.2) is 5.69 Å². The molecule has 0 aliphatic heterocycles. The highest BCUT2D eigenvalue weighted by Crippen LogP contribution is 2.36. The molecule has 182 valence electrons. The fourth-order valence-electron chi connectivity index (χ4n) is 4.30. The number of imidazole rings is 1. The van der Waals surface area contributed by atoms with Crippen LogP contribution in [0.5, 0.6) is 0 Å². The largest absolute Gasteiger partial charge is 0.435 e. The molecule has 0 atom stereocenters. The van der Waals surface area contributed by atoms with Crippen LogP contribution in [0.2, 0.25) is 0 Å². The molecule has 0 N–H and O–H groups in total. The SMILES string of the molecule is CCCCn1c(-c2ccccc2)nc(C(F)(F)F)c1CN(Cc1ccccc1)Cc1ccccc1. The van der Waals surface area contributed by atoms with Crippen LogP contribution in [0.3, 0.4) is 0 Å². The molecule has 0 aliphatic rings. The first-order chi connectivity index (χ1) is 17.0. The average Bonchev–Trinajstić information content (AvgIpc) is 3.23. The standard InChI is InChI=1S/C29H30F3N3/c1-2-3-19-35-26(27(29(30,31)32)33-28(35)25-17-11-6-12-18-25)22-34(20-23-13-7-4-8-14-23)21-24-15-9-5-10-16-24/h4-18H,2-3,19-22H2,1H3. The van der Waals surface area contributed by atoms with E-state index >= 15 is 0 Å². The van der Waals surface area contributed by atoms with Crippen LogP contribution in [-0.4, -0.2) is 14.5 Å². The summed E-state index contributed by atoms with van der Waals surface area (Å²) < 4.78 is 44.7. The molecule has 0 spiro atoms. The molecule has 0 saturated heterocycles. The van der Waals surface area contributed by atoms with Crippen LogP contribution < -0.4 is 0 Å². The Morgan fingerprint density at radius 3 is 1.74 bits per heavy atom. The molecule has 1 aromatic heterocycles. The summed E-state index contributed by atoms with van der Waals surface area (Å²) in [5.74, 6) is 0.376. The van der Waals surface area contributed by atoms with Crippen molar-refractivity contribution < 1.29 is 13.2 Å². The van der Waals surface area contributed by atoms with Gasteiger partial charge in [0.25, 0.3) is 0 Å². The Labute approximate surface area is 204 Å². The number of nitrogens with zero attached hydrogens (tertiary/aromatic N) is 3. The lowest BCUT2D eigenvalue weighted by atomic mass is 10.1. The fraction of sp³-hybridized carbons (Fsp3) is 0.276. The Kier molecular flexibility index (Phi) is 8.03. The first-order valence-corrected chi connectivity index (χ1v) is 12.0. The number of benzene rings is 3. The molecule has 0 unspecified atom stereocenters. The van der Waals surface area contributed by atoms with E-state index in [0.29, 0.717) is 31.0 Å². The molecule has 0 radical (unpaired) electrons. The Morgan fingerprint density at radius 2 is 1.26 bits per heavy atom. The van der Waals surface area contributed by atoms with Gasteiger partial charge < -0.3 is 4.57 Å². The normalized spacial score (nSPS) is 11.8. The molecule has 0 aliphatic carbocycles. The molecular weight excluding hydrogens is 447 g/mol. The quantitative estimate of drug-likeness (QED) is 0.235. The van der Waals surface area contributed by atoms with Crippen LogP contribution in [0, 0.1) is 0 Å². The number of rotatable bonds is 10. The van der Waals surface area contributed by atoms with Crippen LogP contribution in [0.4, 0.5) is 13.2 Å². The highest BCUT2D eigenvalue weighted by molar-refractivity contribution is 5.57. The zero-order valence-electron chi connectivity index (χ0n) is 19.9. The van der Waals surface area contributed by atoms with Gasteiger partial charge in [0.05, 0.1) is 5.69 Å². The summed E-state index contributed by atoms with van der Waals surface area (Å²) in [7, 11) is 0. The molecule has 6 heteroatoms. The molecule has 0 amide bonds. The van der Waals surface area contributed by atoms with E-state index in [1.54, 1.807) is 4.57 Å². The summed E-state index contributed by atoms with van der Waals surface area (Å²) in [6, 6.07) is 28.9. The number of hydrogen-bond acceptors (Lipinski definition) is 2. The van der Waals surface area contributed by atoms with Crippen molar-refractivity contribution in [1.82, 2.24) is 14.5 Å². The third kappa shape index (κ3) is 6.40. The maximum Gasteiger partial charge on any atom is 0.435 e. The van der Waals surface area contributed by atoms with E-state index in [9.17, 15) is 13.2 Å². The lowest BCUT2D eigenvalue weighted by Gasteiger charge is -2.25. The summed E-state index contributed by atoms with van der Waals surface area (Å²) in [4.78, 5) is 6.25. The van der Waals surface area contributed by atoms with E-state index < -0.39 is 11.9 Å². The molecule has 3 aromatic carbocycles. The molecule has 0 bridgehead atoms. The van der Waals surface area contributed by atoms with Gasteiger partial charge in [0, 0.05) is 31.7 Å². The van der Waals surface area contributed by atoms with Crippen molar-refractivity contribution in [2.24, 2.45) is 0 Å². The van der Waals surface area contributed by atoms with Gasteiger partial charge in [-0.3, -0.25) is 4.90 Å². The lowest BCUT2D eigenvalue weighted by molar-refractivity contribution is -0.141. The van der Waals surface area contributed by atoms with Gasteiger partial charge in [0.1, 0.15) is 5.82 Å². The third-order valence-electron chi connectivity index (χ3n) is 5.98. The summed E-state index contributed by atoms with van der Waals surface area (Å²) in [6.45, 7) is 3.74.